The van der Waals surface area contributed by atoms with Gasteiger partial charge in [0.2, 0.25) is 5.88 Å². The van der Waals surface area contributed by atoms with Gasteiger partial charge >= 0.3 is 0 Å². The molecule has 1 aliphatic carbocycles. The third-order valence-electron chi connectivity index (χ3n) is 3.86. The van der Waals surface area contributed by atoms with Crippen molar-refractivity contribution >= 4 is 0 Å². The fourth-order valence-electron chi connectivity index (χ4n) is 2.43. The second-order valence-electron chi connectivity index (χ2n) is 6.20. The molecule has 1 fully saturated rings. The van der Waals surface area contributed by atoms with Gasteiger partial charge in [0.25, 0.3) is 0 Å². The zero-order chi connectivity index (χ0) is 13.2. The number of pyridine rings is 1. The Morgan fingerprint density at radius 2 is 2.06 bits per heavy atom. The lowest BCUT2D eigenvalue weighted by Gasteiger charge is -2.34. The van der Waals surface area contributed by atoms with Gasteiger partial charge in [0.05, 0.1) is 0 Å². The summed E-state index contributed by atoms with van der Waals surface area (Å²) in [6.07, 6.45) is 6.79. The molecule has 1 aromatic heterocycles. The van der Waals surface area contributed by atoms with Crippen LogP contribution in [0, 0.1) is 5.41 Å². The maximum Gasteiger partial charge on any atom is 0.213 e. The molecule has 3 nitrogen and oxygen atoms in total. The van der Waals surface area contributed by atoms with Gasteiger partial charge in [0.1, 0.15) is 6.10 Å². The smallest absolute Gasteiger partial charge is 0.213 e. The van der Waals surface area contributed by atoms with E-state index in [9.17, 15) is 0 Å². The zero-order valence-electron chi connectivity index (χ0n) is 11.6. The van der Waals surface area contributed by atoms with Crippen LogP contribution in [-0.4, -0.2) is 11.1 Å². The molecule has 1 atom stereocenters. The van der Waals surface area contributed by atoms with E-state index >= 15 is 0 Å². The lowest BCUT2D eigenvalue weighted by molar-refractivity contribution is 0.0948. The number of aromatic nitrogens is 1. The van der Waals surface area contributed by atoms with Crippen LogP contribution in [-0.2, 0) is 0 Å². The van der Waals surface area contributed by atoms with Crippen molar-refractivity contribution in [1.29, 1.82) is 0 Å². The highest BCUT2D eigenvalue weighted by Gasteiger charge is 2.27. The van der Waals surface area contributed by atoms with Crippen molar-refractivity contribution in [3.05, 3.63) is 23.9 Å². The molecular weight excluding hydrogens is 224 g/mol. The Kier molecular flexibility index (Phi) is 3.91. The summed E-state index contributed by atoms with van der Waals surface area (Å²) in [6.45, 7) is 6.64. The molecule has 2 rings (SSSR count). The second kappa shape index (κ2) is 5.27. The molecule has 1 aliphatic rings. The van der Waals surface area contributed by atoms with Gasteiger partial charge in [0.15, 0.2) is 0 Å². The minimum absolute atomic E-state index is 0.0284. The zero-order valence-corrected chi connectivity index (χ0v) is 11.6. The van der Waals surface area contributed by atoms with Crippen LogP contribution in [0.4, 0.5) is 0 Å². The van der Waals surface area contributed by atoms with Crippen molar-refractivity contribution in [2.24, 2.45) is 11.1 Å². The van der Waals surface area contributed by atoms with Crippen LogP contribution in [0.2, 0.25) is 0 Å². The molecule has 100 valence electrons. The second-order valence-corrected chi connectivity index (χ2v) is 6.20. The Balaban J connectivity index is 1.96. The summed E-state index contributed by atoms with van der Waals surface area (Å²) in [4.78, 5) is 4.27. The van der Waals surface area contributed by atoms with Crippen LogP contribution in [0.15, 0.2) is 18.3 Å². The highest BCUT2D eigenvalue weighted by Crippen LogP contribution is 2.36. The summed E-state index contributed by atoms with van der Waals surface area (Å²) >= 11 is 0. The highest BCUT2D eigenvalue weighted by atomic mass is 16.5. The maximum atomic E-state index is 5.97. The van der Waals surface area contributed by atoms with Gasteiger partial charge in [-0.2, -0.15) is 0 Å². The van der Waals surface area contributed by atoms with E-state index in [2.05, 4.69) is 18.8 Å². The standard InChI is InChI=1S/C15H24N2O/c1-11(16)12-6-9-17-14(10-12)18-13-4-7-15(2,3)8-5-13/h6,9-11,13H,4-5,7-8,16H2,1-3H3. The van der Waals surface area contributed by atoms with Gasteiger partial charge < -0.3 is 10.5 Å². The number of ether oxygens (including phenoxy) is 1. The minimum Gasteiger partial charge on any atom is -0.474 e. The third kappa shape index (κ3) is 3.45. The molecule has 2 N–H and O–H groups in total. The van der Waals surface area contributed by atoms with Crippen molar-refractivity contribution in [3.63, 3.8) is 0 Å². The number of hydrogen-bond acceptors (Lipinski definition) is 3. The van der Waals surface area contributed by atoms with Gasteiger partial charge in [-0.25, -0.2) is 4.98 Å². The van der Waals surface area contributed by atoms with Crippen LogP contribution in [0.5, 0.6) is 5.88 Å². The molecule has 1 aromatic rings. The Morgan fingerprint density at radius 1 is 1.39 bits per heavy atom. The van der Waals surface area contributed by atoms with Crippen LogP contribution in [0.3, 0.4) is 0 Å². The highest BCUT2D eigenvalue weighted by molar-refractivity contribution is 5.23. The van der Waals surface area contributed by atoms with Gasteiger partial charge in [-0.3, -0.25) is 0 Å². The Morgan fingerprint density at radius 3 is 2.67 bits per heavy atom. The van der Waals surface area contributed by atoms with E-state index in [0.29, 0.717) is 11.5 Å². The first-order valence-corrected chi connectivity index (χ1v) is 6.84. The maximum absolute atomic E-state index is 5.97. The van der Waals surface area contributed by atoms with Crippen LogP contribution in [0.25, 0.3) is 0 Å². The predicted molar refractivity (Wildman–Crippen MR) is 73.5 cm³/mol. The summed E-state index contributed by atoms with van der Waals surface area (Å²) in [5, 5.41) is 0. The molecule has 3 heteroatoms. The lowest BCUT2D eigenvalue weighted by Crippen LogP contribution is -2.28. The first-order chi connectivity index (χ1) is 8.46. The third-order valence-corrected chi connectivity index (χ3v) is 3.86. The average molecular weight is 248 g/mol. The monoisotopic (exact) mass is 248 g/mol. The summed E-state index contributed by atoms with van der Waals surface area (Å²) in [7, 11) is 0. The van der Waals surface area contributed by atoms with Crippen molar-refractivity contribution < 1.29 is 4.74 Å². The van der Waals surface area contributed by atoms with E-state index in [-0.39, 0.29) is 6.04 Å². The van der Waals surface area contributed by atoms with E-state index in [0.717, 1.165) is 24.3 Å². The number of nitrogens with two attached hydrogens (primary N) is 1. The molecule has 1 heterocycles. The fraction of sp³-hybridized carbons (Fsp3) is 0.667. The van der Waals surface area contributed by atoms with Crippen molar-refractivity contribution in [3.8, 4) is 5.88 Å². The molecule has 0 spiro atoms. The van der Waals surface area contributed by atoms with Gasteiger partial charge in [-0.1, -0.05) is 13.8 Å². The molecule has 0 aliphatic heterocycles. The van der Waals surface area contributed by atoms with Crippen LogP contribution >= 0.6 is 0 Å². The fourth-order valence-corrected chi connectivity index (χ4v) is 2.43. The molecule has 1 unspecified atom stereocenters. The average Bonchev–Trinajstić information content (AvgIpc) is 2.32. The normalized spacial score (nSPS) is 21.6. The SMILES string of the molecule is CC(N)c1ccnc(OC2CCC(C)(C)CC2)c1. The summed E-state index contributed by atoms with van der Waals surface area (Å²) in [5.74, 6) is 0.717. The van der Waals surface area contributed by atoms with E-state index in [4.69, 9.17) is 10.5 Å². The summed E-state index contributed by atoms with van der Waals surface area (Å²) in [5.41, 5.74) is 7.42. The first kappa shape index (κ1) is 13.3. The molecule has 0 bridgehead atoms. The lowest BCUT2D eigenvalue weighted by atomic mass is 9.76. The Hall–Kier alpha value is -1.09. The summed E-state index contributed by atoms with van der Waals surface area (Å²) < 4.78 is 5.97. The number of nitrogens with zero attached hydrogens (tertiary/aromatic N) is 1. The van der Waals surface area contributed by atoms with E-state index in [1.165, 1.54) is 12.8 Å². The number of hydrogen-bond donors (Lipinski definition) is 1. The van der Waals surface area contributed by atoms with Crippen molar-refractivity contribution in [2.45, 2.75) is 58.6 Å². The van der Waals surface area contributed by atoms with Gasteiger partial charge in [-0.15, -0.1) is 0 Å². The molecule has 0 aromatic carbocycles. The minimum atomic E-state index is 0.0284. The van der Waals surface area contributed by atoms with Gasteiger partial charge in [-0.05, 0) is 49.7 Å². The van der Waals surface area contributed by atoms with Crippen LogP contribution < -0.4 is 10.5 Å². The van der Waals surface area contributed by atoms with E-state index in [1.54, 1.807) is 6.20 Å². The Bertz CT molecular complexity index is 391. The van der Waals surface area contributed by atoms with Crippen molar-refractivity contribution in [1.82, 2.24) is 4.98 Å². The molecule has 0 amide bonds. The number of rotatable bonds is 3. The molecular formula is C15H24N2O. The first-order valence-electron chi connectivity index (χ1n) is 6.84. The molecule has 0 saturated heterocycles. The Labute approximate surface area is 110 Å². The largest absolute Gasteiger partial charge is 0.474 e. The summed E-state index contributed by atoms with van der Waals surface area (Å²) in [6, 6.07) is 3.94. The van der Waals surface area contributed by atoms with Crippen molar-refractivity contribution in [2.75, 3.05) is 0 Å². The van der Waals surface area contributed by atoms with E-state index in [1.807, 2.05) is 19.1 Å². The predicted octanol–water partition coefficient (Wildman–Crippen LogP) is 3.45. The van der Waals surface area contributed by atoms with Crippen LogP contribution in [0.1, 0.15) is 58.1 Å². The molecule has 18 heavy (non-hydrogen) atoms. The molecule has 1 saturated carbocycles. The molecule has 0 radical (unpaired) electrons. The topological polar surface area (TPSA) is 48.1 Å². The van der Waals surface area contributed by atoms with E-state index < -0.39 is 0 Å². The van der Waals surface area contributed by atoms with Gasteiger partial charge in [0, 0.05) is 18.3 Å². The quantitative estimate of drug-likeness (QED) is 0.891.